The molecule has 0 aromatic carbocycles. The Kier molecular flexibility index (Phi) is 3.97. The van der Waals surface area contributed by atoms with E-state index in [2.05, 4.69) is 38.4 Å². The Morgan fingerprint density at radius 1 is 1.08 bits per heavy atom. The van der Waals surface area contributed by atoms with E-state index in [0.29, 0.717) is 0 Å². The molecule has 1 saturated heterocycles. The van der Waals surface area contributed by atoms with Crippen LogP contribution in [0.2, 0.25) is 0 Å². The molecular weight excluding hydrogens is 304 g/mol. The topological polar surface area (TPSA) is 60.5 Å². The average Bonchev–Trinajstić information content (AvgIpc) is 3.08. The number of morpholine rings is 1. The van der Waals surface area contributed by atoms with Crippen LogP contribution in [0.3, 0.4) is 0 Å². The van der Waals surface area contributed by atoms with E-state index in [4.69, 9.17) is 4.74 Å². The number of ether oxygens (including phenoxy) is 1. The van der Waals surface area contributed by atoms with Crippen molar-refractivity contribution in [2.24, 2.45) is 0 Å². The van der Waals surface area contributed by atoms with Crippen molar-refractivity contribution in [2.75, 3.05) is 32.8 Å². The molecule has 7 heteroatoms. The monoisotopic (exact) mass is 328 g/mol. The molecule has 24 heavy (non-hydrogen) atoms. The molecule has 0 saturated carbocycles. The third-order valence-corrected chi connectivity index (χ3v) is 5.01. The van der Waals surface area contributed by atoms with Crippen LogP contribution in [0.15, 0.2) is 6.33 Å². The Morgan fingerprint density at radius 2 is 1.88 bits per heavy atom. The molecule has 128 valence electrons. The molecule has 3 aromatic rings. The molecule has 3 aromatic heterocycles. The molecule has 0 spiro atoms. The fourth-order valence-corrected chi connectivity index (χ4v) is 3.59. The van der Waals surface area contributed by atoms with E-state index in [-0.39, 0.29) is 0 Å². The van der Waals surface area contributed by atoms with Gasteiger partial charge in [0.2, 0.25) is 0 Å². The zero-order valence-corrected chi connectivity index (χ0v) is 14.6. The number of hydrogen-bond donors (Lipinski definition) is 0. The van der Waals surface area contributed by atoms with Gasteiger partial charge in [0.15, 0.2) is 5.65 Å². The fourth-order valence-electron chi connectivity index (χ4n) is 3.59. The number of aryl methyl sites for hydroxylation is 3. The lowest BCUT2D eigenvalue weighted by atomic mass is 10.2. The largest absolute Gasteiger partial charge is 0.379 e. The van der Waals surface area contributed by atoms with Gasteiger partial charge in [-0.3, -0.25) is 4.90 Å². The van der Waals surface area contributed by atoms with Gasteiger partial charge >= 0.3 is 0 Å². The number of fused-ring (bicyclic) bond motifs is 3. The van der Waals surface area contributed by atoms with Gasteiger partial charge in [-0.15, -0.1) is 0 Å². The van der Waals surface area contributed by atoms with Gasteiger partial charge in [0.25, 0.3) is 0 Å². The van der Waals surface area contributed by atoms with Gasteiger partial charge in [-0.1, -0.05) is 0 Å². The molecule has 1 aliphatic heterocycles. The normalized spacial score (nSPS) is 16.5. The van der Waals surface area contributed by atoms with Crippen LogP contribution >= 0.6 is 0 Å². The van der Waals surface area contributed by atoms with Gasteiger partial charge < -0.3 is 9.30 Å². The minimum atomic E-state index is 0.779. The summed E-state index contributed by atoms with van der Waals surface area (Å²) in [7, 11) is 0. The van der Waals surface area contributed by atoms with Crippen molar-refractivity contribution in [3.05, 3.63) is 23.4 Å². The lowest BCUT2D eigenvalue weighted by Crippen LogP contribution is -2.37. The average molecular weight is 328 g/mol. The highest BCUT2D eigenvalue weighted by Crippen LogP contribution is 2.26. The Hall–Kier alpha value is -1.99. The van der Waals surface area contributed by atoms with E-state index in [1.54, 1.807) is 10.8 Å². The van der Waals surface area contributed by atoms with Gasteiger partial charge in [-0.25, -0.2) is 14.5 Å². The maximum Gasteiger partial charge on any atom is 0.168 e. The molecular formula is C17H24N6O. The Labute approximate surface area is 141 Å². The Morgan fingerprint density at radius 3 is 2.67 bits per heavy atom. The zero-order valence-electron chi connectivity index (χ0n) is 14.6. The van der Waals surface area contributed by atoms with Gasteiger partial charge in [0, 0.05) is 31.9 Å². The van der Waals surface area contributed by atoms with Crippen LogP contribution in [0.5, 0.6) is 0 Å². The second kappa shape index (κ2) is 6.14. The van der Waals surface area contributed by atoms with Crippen molar-refractivity contribution < 1.29 is 4.74 Å². The molecule has 0 radical (unpaired) electrons. The highest BCUT2D eigenvalue weighted by molar-refractivity contribution is 5.93. The van der Waals surface area contributed by atoms with E-state index in [1.165, 1.54) is 11.3 Å². The highest BCUT2D eigenvalue weighted by atomic mass is 16.5. The summed E-state index contributed by atoms with van der Waals surface area (Å²) in [4.78, 5) is 11.7. The second-order valence-electron chi connectivity index (χ2n) is 6.54. The number of hydrogen-bond acceptors (Lipinski definition) is 5. The van der Waals surface area contributed by atoms with E-state index in [0.717, 1.165) is 68.3 Å². The number of nitrogens with zero attached hydrogens (tertiary/aromatic N) is 6. The van der Waals surface area contributed by atoms with Gasteiger partial charge in [-0.2, -0.15) is 5.10 Å². The Bertz CT molecular complexity index is 874. The summed E-state index contributed by atoms with van der Waals surface area (Å²) in [6.45, 7) is 12.1. The van der Waals surface area contributed by atoms with Gasteiger partial charge in [-0.05, 0) is 32.8 Å². The predicted molar refractivity (Wildman–Crippen MR) is 92.4 cm³/mol. The van der Waals surface area contributed by atoms with Crippen LogP contribution in [0, 0.1) is 20.8 Å². The van der Waals surface area contributed by atoms with Crippen LogP contribution in [-0.4, -0.2) is 61.9 Å². The summed E-state index contributed by atoms with van der Waals surface area (Å²) in [6.07, 6.45) is 2.89. The van der Waals surface area contributed by atoms with E-state index >= 15 is 0 Å². The molecule has 0 amide bonds. The van der Waals surface area contributed by atoms with Crippen LogP contribution in [-0.2, 0) is 11.3 Å². The fraction of sp³-hybridized carbons (Fsp3) is 0.588. The molecule has 4 heterocycles. The van der Waals surface area contributed by atoms with Crippen molar-refractivity contribution in [1.29, 1.82) is 0 Å². The molecule has 0 bridgehead atoms. The zero-order chi connectivity index (χ0) is 16.7. The first-order valence-corrected chi connectivity index (χ1v) is 8.62. The number of rotatable bonds is 4. The molecule has 0 atom stereocenters. The van der Waals surface area contributed by atoms with E-state index in [1.807, 2.05) is 6.92 Å². The maximum atomic E-state index is 5.42. The molecule has 0 unspecified atom stereocenters. The summed E-state index contributed by atoms with van der Waals surface area (Å²) in [5.74, 6) is 0.779. The smallest absolute Gasteiger partial charge is 0.168 e. The van der Waals surface area contributed by atoms with E-state index < -0.39 is 0 Å². The van der Waals surface area contributed by atoms with Crippen molar-refractivity contribution in [2.45, 2.75) is 33.7 Å². The van der Waals surface area contributed by atoms with Crippen LogP contribution in [0.1, 0.15) is 23.5 Å². The van der Waals surface area contributed by atoms with Crippen LogP contribution < -0.4 is 0 Å². The third-order valence-electron chi connectivity index (χ3n) is 5.01. The minimum absolute atomic E-state index is 0.779. The highest BCUT2D eigenvalue weighted by Gasteiger charge is 2.17. The first-order chi connectivity index (χ1) is 11.6. The van der Waals surface area contributed by atoms with E-state index in [9.17, 15) is 0 Å². The molecule has 0 aliphatic carbocycles. The maximum absolute atomic E-state index is 5.42. The summed E-state index contributed by atoms with van der Waals surface area (Å²) in [6, 6.07) is 0. The second-order valence-corrected chi connectivity index (χ2v) is 6.54. The molecule has 4 rings (SSSR count). The predicted octanol–water partition coefficient (Wildman–Crippen LogP) is 1.73. The summed E-state index contributed by atoms with van der Waals surface area (Å²) < 4.78 is 9.52. The van der Waals surface area contributed by atoms with Crippen molar-refractivity contribution in [1.82, 2.24) is 29.0 Å². The SMILES string of the molecule is Cc1nc2c3c(C)c(C)n(CCCN4CCOCC4)c3ncn2n1. The Balaban J connectivity index is 1.62. The van der Waals surface area contributed by atoms with Gasteiger partial charge in [0.1, 0.15) is 17.8 Å². The lowest BCUT2D eigenvalue weighted by Gasteiger charge is -2.26. The van der Waals surface area contributed by atoms with Crippen molar-refractivity contribution >= 4 is 16.7 Å². The number of aromatic nitrogens is 5. The third kappa shape index (κ3) is 2.57. The quantitative estimate of drug-likeness (QED) is 0.730. The first-order valence-electron chi connectivity index (χ1n) is 8.62. The van der Waals surface area contributed by atoms with Crippen molar-refractivity contribution in [3.8, 4) is 0 Å². The van der Waals surface area contributed by atoms with Crippen molar-refractivity contribution in [3.63, 3.8) is 0 Å². The molecule has 1 fully saturated rings. The van der Waals surface area contributed by atoms with Crippen LogP contribution in [0.25, 0.3) is 16.7 Å². The molecule has 7 nitrogen and oxygen atoms in total. The minimum Gasteiger partial charge on any atom is -0.379 e. The summed E-state index contributed by atoms with van der Waals surface area (Å²) in [5, 5.41) is 5.51. The lowest BCUT2D eigenvalue weighted by molar-refractivity contribution is 0.0369. The summed E-state index contributed by atoms with van der Waals surface area (Å²) in [5.41, 5.74) is 4.45. The standard InChI is InChI=1S/C17H24N6O/c1-12-13(2)22(6-4-5-21-7-9-24-10-8-21)16-15(12)17-19-14(3)20-23(17)11-18-16/h11H,4-10H2,1-3H3. The van der Waals surface area contributed by atoms with Crippen LogP contribution in [0.4, 0.5) is 0 Å². The first kappa shape index (κ1) is 15.5. The summed E-state index contributed by atoms with van der Waals surface area (Å²) >= 11 is 0. The molecule has 0 N–H and O–H groups in total. The van der Waals surface area contributed by atoms with Gasteiger partial charge in [0.05, 0.1) is 18.6 Å². The molecule has 1 aliphatic rings.